The molecule has 9 heteroatoms. The highest BCUT2D eigenvalue weighted by atomic mass is 79.9. The first kappa shape index (κ1) is 16.7. The smallest absolute Gasteiger partial charge is 0.245 e. The molecule has 0 bridgehead atoms. The van der Waals surface area contributed by atoms with Gasteiger partial charge in [0, 0.05) is 26.5 Å². The second-order valence-electron chi connectivity index (χ2n) is 4.70. The largest absolute Gasteiger partial charge is 0.259 e. The predicted molar refractivity (Wildman–Crippen MR) is 96.1 cm³/mol. The van der Waals surface area contributed by atoms with Gasteiger partial charge in [-0.05, 0) is 19.1 Å². The van der Waals surface area contributed by atoms with E-state index in [1.165, 1.54) is 22.7 Å². The van der Waals surface area contributed by atoms with Gasteiger partial charge in [0.05, 0.1) is 6.54 Å². The van der Waals surface area contributed by atoms with Crippen LogP contribution in [-0.4, -0.2) is 18.4 Å². The van der Waals surface area contributed by atoms with Gasteiger partial charge in [-0.3, -0.25) is 0 Å². The molecule has 2 heterocycles. The van der Waals surface area contributed by atoms with Crippen molar-refractivity contribution < 1.29 is 8.42 Å². The third-order valence-corrected chi connectivity index (χ3v) is 6.75. The lowest BCUT2D eigenvalue weighted by Gasteiger charge is -2.01. The molecule has 0 radical (unpaired) electrons. The van der Waals surface area contributed by atoms with Crippen molar-refractivity contribution >= 4 is 48.6 Å². The van der Waals surface area contributed by atoms with Crippen LogP contribution < -0.4 is 4.72 Å². The van der Waals surface area contributed by atoms with Crippen LogP contribution in [-0.2, 0) is 16.6 Å². The lowest BCUT2D eigenvalue weighted by Crippen LogP contribution is -2.23. The van der Waals surface area contributed by atoms with Gasteiger partial charge < -0.3 is 0 Å². The van der Waals surface area contributed by atoms with E-state index in [2.05, 4.69) is 30.6 Å². The Labute approximate surface area is 150 Å². The van der Waals surface area contributed by atoms with Crippen molar-refractivity contribution in [3.05, 3.63) is 50.2 Å². The molecule has 3 aromatic rings. The summed E-state index contributed by atoms with van der Waals surface area (Å²) in [6, 6.07) is 7.58. The van der Waals surface area contributed by atoms with Crippen molar-refractivity contribution in [2.75, 3.05) is 0 Å². The first-order chi connectivity index (χ1) is 10.9. The Kier molecular flexibility index (Phi) is 4.93. The first-order valence-corrected chi connectivity index (χ1v) is 10.6. The summed E-state index contributed by atoms with van der Waals surface area (Å²) in [7, 11) is -3.64. The number of thiazole rings is 2. The summed E-state index contributed by atoms with van der Waals surface area (Å²) < 4.78 is 28.1. The molecule has 0 aliphatic rings. The fraction of sp³-hybridized carbons (Fsp3) is 0.143. The molecule has 0 amide bonds. The second-order valence-corrected chi connectivity index (χ2v) is 9.14. The molecule has 0 saturated heterocycles. The van der Waals surface area contributed by atoms with Crippen LogP contribution in [0, 0.1) is 6.92 Å². The van der Waals surface area contributed by atoms with Crippen molar-refractivity contribution in [2.45, 2.75) is 18.5 Å². The highest BCUT2D eigenvalue weighted by Crippen LogP contribution is 2.26. The molecule has 1 N–H and O–H groups in total. The van der Waals surface area contributed by atoms with E-state index in [9.17, 15) is 8.42 Å². The molecular formula is C14H12BrN3O2S3. The topological polar surface area (TPSA) is 72.0 Å². The van der Waals surface area contributed by atoms with Gasteiger partial charge in [-0.25, -0.2) is 23.1 Å². The van der Waals surface area contributed by atoms with E-state index in [1.54, 1.807) is 5.38 Å². The highest BCUT2D eigenvalue weighted by Gasteiger charge is 2.19. The quantitative estimate of drug-likeness (QED) is 0.668. The van der Waals surface area contributed by atoms with Gasteiger partial charge in [-0.15, -0.1) is 22.7 Å². The number of nitrogens with zero attached hydrogens (tertiary/aromatic N) is 2. The Morgan fingerprint density at radius 2 is 1.87 bits per heavy atom. The van der Waals surface area contributed by atoms with Crippen molar-refractivity contribution in [1.29, 1.82) is 0 Å². The average Bonchev–Trinajstić information content (AvgIpc) is 3.15. The third kappa shape index (κ3) is 4.04. The van der Waals surface area contributed by atoms with Crippen LogP contribution in [0.5, 0.6) is 0 Å². The number of sulfonamides is 1. The molecule has 0 atom stereocenters. The monoisotopic (exact) mass is 429 g/mol. The summed E-state index contributed by atoms with van der Waals surface area (Å²) >= 11 is 6.10. The number of aromatic nitrogens is 2. The molecular weight excluding hydrogens is 418 g/mol. The fourth-order valence-electron chi connectivity index (χ4n) is 1.82. The van der Waals surface area contributed by atoms with Crippen LogP contribution in [0.4, 0.5) is 0 Å². The number of aryl methyl sites for hydroxylation is 1. The van der Waals surface area contributed by atoms with Crippen LogP contribution in [0.3, 0.4) is 0 Å². The Morgan fingerprint density at radius 1 is 1.13 bits per heavy atom. The average molecular weight is 430 g/mol. The number of benzene rings is 1. The predicted octanol–water partition coefficient (Wildman–Crippen LogP) is 3.82. The Bertz CT molecular complexity index is 917. The third-order valence-electron chi connectivity index (χ3n) is 2.93. The maximum atomic E-state index is 12.3. The van der Waals surface area contributed by atoms with Gasteiger partial charge in [-0.2, -0.15) is 0 Å². The zero-order valence-corrected chi connectivity index (χ0v) is 16.0. The minimum Gasteiger partial charge on any atom is -0.245 e. The highest BCUT2D eigenvalue weighted by molar-refractivity contribution is 9.10. The molecule has 120 valence electrons. The molecule has 0 aliphatic heterocycles. The van der Waals surface area contributed by atoms with E-state index >= 15 is 0 Å². The summed E-state index contributed by atoms with van der Waals surface area (Å²) in [4.78, 5) is 8.47. The van der Waals surface area contributed by atoms with Gasteiger partial charge in [0.2, 0.25) is 0 Å². The first-order valence-electron chi connectivity index (χ1n) is 6.56. The molecule has 0 fully saturated rings. The van der Waals surface area contributed by atoms with Gasteiger partial charge in [0.1, 0.15) is 10.0 Å². The van der Waals surface area contributed by atoms with E-state index in [0.29, 0.717) is 5.01 Å². The number of hydrogen-bond acceptors (Lipinski definition) is 6. The van der Waals surface area contributed by atoms with E-state index in [0.717, 1.165) is 20.7 Å². The second kappa shape index (κ2) is 6.78. The lowest BCUT2D eigenvalue weighted by molar-refractivity contribution is 0.578. The van der Waals surface area contributed by atoms with Gasteiger partial charge in [-0.1, -0.05) is 28.1 Å². The maximum Gasteiger partial charge on any atom is 0.259 e. The fourth-order valence-corrected chi connectivity index (χ4v) is 4.97. The number of hydrogen-bond donors (Lipinski definition) is 1. The van der Waals surface area contributed by atoms with Gasteiger partial charge in [0.15, 0.2) is 5.03 Å². The van der Waals surface area contributed by atoms with Crippen LogP contribution in [0.1, 0.15) is 10.7 Å². The molecule has 23 heavy (non-hydrogen) atoms. The SMILES string of the molecule is Cc1csc(CNS(=O)(=O)c2csc(-c3ccc(Br)cc3)n2)n1. The summed E-state index contributed by atoms with van der Waals surface area (Å²) in [5, 5.41) is 4.87. The van der Waals surface area contributed by atoms with E-state index in [-0.39, 0.29) is 11.6 Å². The molecule has 0 unspecified atom stereocenters. The molecule has 0 saturated carbocycles. The van der Waals surface area contributed by atoms with Gasteiger partial charge in [0.25, 0.3) is 10.0 Å². The van der Waals surface area contributed by atoms with Crippen LogP contribution >= 0.6 is 38.6 Å². The normalized spacial score (nSPS) is 11.7. The maximum absolute atomic E-state index is 12.3. The molecule has 0 aliphatic carbocycles. The summed E-state index contributed by atoms with van der Waals surface area (Å²) in [6.07, 6.45) is 0. The Hall–Kier alpha value is -1.13. The number of rotatable bonds is 5. The Balaban J connectivity index is 1.76. The zero-order valence-electron chi connectivity index (χ0n) is 12.0. The van der Waals surface area contributed by atoms with Gasteiger partial charge >= 0.3 is 0 Å². The summed E-state index contributed by atoms with van der Waals surface area (Å²) in [5.41, 5.74) is 1.77. The van der Waals surface area contributed by atoms with E-state index < -0.39 is 10.0 Å². The minimum atomic E-state index is -3.64. The Morgan fingerprint density at radius 3 is 2.52 bits per heavy atom. The van der Waals surface area contributed by atoms with Crippen molar-refractivity contribution in [1.82, 2.24) is 14.7 Å². The number of nitrogens with one attached hydrogen (secondary N) is 1. The molecule has 2 aromatic heterocycles. The van der Waals surface area contributed by atoms with E-state index in [1.807, 2.05) is 36.6 Å². The van der Waals surface area contributed by atoms with Crippen LogP contribution in [0.25, 0.3) is 10.6 Å². The van der Waals surface area contributed by atoms with Crippen molar-refractivity contribution in [3.8, 4) is 10.6 Å². The van der Waals surface area contributed by atoms with Crippen molar-refractivity contribution in [3.63, 3.8) is 0 Å². The van der Waals surface area contributed by atoms with E-state index in [4.69, 9.17) is 0 Å². The number of halogens is 1. The molecule has 1 aromatic carbocycles. The lowest BCUT2D eigenvalue weighted by atomic mass is 10.2. The molecule has 5 nitrogen and oxygen atoms in total. The summed E-state index contributed by atoms with van der Waals surface area (Å²) in [6.45, 7) is 2.05. The minimum absolute atomic E-state index is 0.0358. The zero-order chi connectivity index (χ0) is 16.4. The van der Waals surface area contributed by atoms with Crippen molar-refractivity contribution in [2.24, 2.45) is 0 Å². The standard InChI is InChI=1S/C14H12BrN3O2S3/c1-9-7-21-12(17-9)6-16-23(19,20)13-8-22-14(18-13)10-2-4-11(15)5-3-10/h2-5,7-8,16H,6H2,1H3. The molecule has 0 spiro atoms. The molecule has 3 rings (SSSR count). The summed E-state index contributed by atoms with van der Waals surface area (Å²) in [5.74, 6) is 0. The van der Waals surface area contributed by atoms with Crippen LogP contribution in [0.15, 0.2) is 44.5 Å². The van der Waals surface area contributed by atoms with Crippen LogP contribution in [0.2, 0.25) is 0 Å².